The Balaban J connectivity index is 1.21. The van der Waals surface area contributed by atoms with Crippen molar-refractivity contribution in [2.45, 2.75) is 57.9 Å². The van der Waals surface area contributed by atoms with E-state index in [1.807, 2.05) is 23.7 Å². The number of fused-ring (bicyclic) bond motifs is 1. The fraction of sp³-hybridized carbons (Fsp3) is 0.500. The number of likely N-dealkylation sites (tertiary alicyclic amines) is 1. The normalized spacial score (nSPS) is 17.8. The third-order valence-electron chi connectivity index (χ3n) is 7.86. The Labute approximate surface area is 238 Å². The van der Waals surface area contributed by atoms with Crippen molar-refractivity contribution in [3.63, 3.8) is 0 Å². The largest absolute Gasteiger partial charge is 0.456 e. The van der Waals surface area contributed by atoms with Crippen molar-refractivity contribution in [1.29, 1.82) is 0 Å². The number of halogens is 1. The predicted octanol–water partition coefficient (Wildman–Crippen LogP) is 5.13. The van der Waals surface area contributed by atoms with Gasteiger partial charge in [0.2, 0.25) is 5.95 Å². The first-order valence-electron chi connectivity index (χ1n) is 14.3. The van der Waals surface area contributed by atoms with Crippen LogP contribution < -0.4 is 10.1 Å². The fourth-order valence-electron chi connectivity index (χ4n) is 5.44. The van der Waals surface area contributed by atoms with Crippen LogP contribution in [-0.4, -0.2) is 66.3 Å². The van der Waals surface area contributed by atoms with Gasteiger partial charge < -0.3 is 14.6 Å². The smallest absolute Gasteiger partial charge is 0.210 e. The molecule has 2 fully saturated rings. The van der Waals surface area contributed by atoms with Gasteiger partial charge in [0, 0.05) is 74.5 Å². The number of nitrogens with zero attached hydrogens (tertiary/aromatic N) is 7. The van der Waals surface area contributed by atoms with Gasteiger partial charge in [-0.2, -0.15) is 10.1 Å². The zero-order valence-electron chi connectivity index (χ0n) is 24.1. The summed E-state index contributed by atoms with van der Waals surface area (Å²) in [6, 6.07) is 7.76. The van der Waals surface area contributed by atoms with Crippen molar-refractivity contribution in [1.82, 2.24) is 34.2 Å². The molecule has 1 unspecified atom stereocenters. The Kier molecular flexibility index (Phi) is 7.23. The van der Waals surface area contributed by atoms with Crippen LogP contribution in [0.3, 0.4) is 0 Å². The third-order valence-corrected chi connectivity index (χ3v) is 7.86. The maximum absolute atomic E-state index is 12.9. The molecule has 0 radical (unpaired) electrons. The summed E-state index contributed by atoms with van der Waals surface area (Å²) in [6.45, 7) is 8.34. The molecule has 1 N–H and O–H groups in total. The van der Waals surface area contributed by atoms with Gasteiger partial charge in [0.05, 0.1) is 23.4 Å². The first-order chi connectivity index (χ1) is 19.7. The van der Waals surface area contributed by atoms with Crippen LogP contribution in [0.5, 0.6) is 11.5 Å². The first-order valence-corrected chi connectivity index (χ1v) is 14.3. The van der Waals surface area contributed by atoms with Gasteiger partial charge in [0.15, 0.2) is 11.5 Å². The number of anilines is 2. The van der Waals surface area contributed by atoms with E-state index in [9.17, 15) is 9.18 Å². The number of alkyl halides is 1. The van der Waals surface area contributed by atoms with Gasteiger partial charge in [-0.25, -0.2) is 9.37 Å². The molecular weight excluding hydrogens is 523 g/mol. The molecule has 1 aliphatic heterocycles. The molecule has 216 valence electrons. The van der Waals surface area contributed by atoms with E-state index in [0.717, 1.165) is 43.6 Å². The minimum atomic E-state index is -0.330. The Hall–Kier alpha value is -3.86. The minimum absolute atomic E-state index is 0.113. The van der Waals surface area contributed by atoms with E-state index >= 15 is 0 Å². The molecule has 0 bridgehead atoms. The lowest BCUT2D eigenvalue weighted by Gasteiger charge is -2.23. The van der Waals surface area contributed by atoms with Gasteiger partial charge >= 0.3 is 0 Å². The Morgan fingerprint density at radius 3 is 2.73 bits per heavy atom. The van der Waals surface area contributed by atoms with E-state index < -0.39 is 0 Å². The summed E-state index contributed by atoms with van der Waals surface area (Å²) in [6.07, 6.45) is 6.56. The molecule has 1 saturated heterocycles. The number of carbonyl (C=O) groups excluding carboxylic acids is 1. The van der Waals surface area contributed by atoms with Crippen molar-refractivity contribution in [2.24, 2.45) is 13.0 Å². The Morgan fingerprint density at radius 2 is 1.98 bits per heavy atom. The van der Waals surface area contributed by atoms with Gasteiger partial charge in [-0.15, -0.1) is 0 Å². The van der Waals surface area contributed by atoms with Crippen LogP contribution in [0.2, 0.25) is 0 Å². The molecule has 1 aliphatic carbocycles. The van der Waals surface area contributed by atoms with Gasteiger partial charge in [-0.05, 0) is 25.3 Å². The summed E-state index contributed by atoms with van der Waals surface area (Å²) in [4.78, 5) is 27.9. The van der Waals surface area contributed by atoms with Crippen molar-refractivity contribution < 1.29 is 13.9 Å². The number of aryl methyl sites for hydroxylation is 1. The molecule has 4 aromatic heterocycles. The van der Waals surface area contributed by atoms with E-state index in [4.69, 9.17) is 14.8 Å². The summed E-state index contributed by atoms with van der Waals surface area (Å²) >= 11 is 0. The lowest BCUT2D eigenvalue weighted by Crippen LogP contribution is -2.26. The standard InChI is InChI=1S/C30H37FN8O2/c1-30(2,3)26-16-27(36-39(26)21-8-11-38(18-21)12-9-31)34-29-35-28-24(37(29)4)15-23(17-33-28)41-22-7-10-32-20(13-22)14-25(40)19-5-6-19/h7,10,13,15-17,19,21H,5-6,8-9,11-12,14,18H2,1-4H3,(H,33,34,35,36). The van der Waals surface area contributed by atoms with Gasteiger partial charge in [0.25, 0.3) is 0 Å². The average Bonchev–Trinajstić information content (AvgIpc) is 3.41. The van der Waals surface area contributed by atoms with Crippen molar-refractivity contribution in [3.05, 3.63) is 48.0 Å². The molecular formula is C30H37FN8O2. The van der Waals surface area contributed by atoms with Crippen LogP contribution in [0, 0.1) is 5.92 Å². The van der Waals surface area contributed by atoms with Gasteiger partial charge in [-0.1, -0.05) is 20.8 Å². The highest BCUT2D eigenvalue weighted by Crippen LogP contribution is 2.33. The molecule has 0 amide bonds. The highest BCUT2D eigenvalue weighted by Gasteiger charge is 2.31. The maximum atomic E-state index is 12.9. The van der Waals surface area contributed by atoms with E-state index in [1.165, 1.54) is 0 Å². The number of ketones is 1. The Morgan fingerprint density at radius 1 is 1.15 bits per heavy atom. The molecule has 11 heteroatoms. The molecule has 0 spiro atoms. The first kappa shape index (κ1) is 27.3. The van der Waals surface area contributed by atoms with E-state index in [-0.39, 0.29) is 29.8 Å². The maximum Gasteiger partial charge on any atom is 0.210 e. The third kappa shape index (κ3) is 5.95. The molecule has 0 aromatic carbocycles. The SMILES string of the molecule is Cn1c(Nc2cc(C(C)(C)C)n(C3CCN(CCF)C3)n2)nc2ncc(Oc3ccnc(CC(=O)C4CC4)c3)cc21. The fourth-order valence-corrected chi connectivity index (χ4v) is 5.44. The lowest BCUT2D eigenvalue weighted by atomic mass is 9.91. The van der Waals surface area contributed by atoms with E-state index in [2.05, 4.69) is 51.7 Å². The van der Waals surface area contributed by atoms with Gasteiger partial charge in [0.1, 0.15) is 24.0 Å². The number of nitrogens with one attached hydrogen (secondary N) is 1. The van der Waals surface area contributed by atoms with Crippen molar-refractivity contribution in [3.8, 4) is 11.5 Å². The number of rotatable bonds is 10. The van der Waals surface area contributed by atoms with Crippen LogP contribution in [0.4, 0.5) is 16.2 Å². The zero-order chi connectivity index (χ0) is 28.7. The van der Waals surface area contributed by atoms with Gasteiger partial charge in [-0.3, -0.25) is 19.4 Å². The summed E-state index contributed by atoms with van der Waals surface area (Å²) in [7, 11) is 1.92. The second-order valence-corrected chi connectivity index (χ2v) is 12.2. The monoisotopic (exact) mass is 560 g/mol. The summed E-state index contributed by atoms with van der Waals surface area (Å²) < 4.78 is 23.0. The second-order valence-electron chi connectivity index (χ2n) is 12.2. The second kappa shape index (κ2) is 10.8. The highest BCUT2D eigenvalue weighted by atomic mass is 19.1. The number of hydrogen-bond acceptors (Lipinski definition) is 8. The molecule has 1 atom stereocenters. The van der Waals surface area contributed by atoms with Crippen molar-refractivity contribution in [2.75, 3.05) is 31.6 Å². The number of carbonyl (C=O) groups is 1. The average molecular weight is 561 g/mol. The number of pyridine rings is 2. The summed E-state index contributed by atoms with van der Waals surface area (Å²) in [5.74, 6) is 2.95. The molecule has 4 aromatic rings. The minimum Gasteiger partial charge on any atom is -0.456 e. The lowest BCUT2D eigenvalue weighted by molar-refractivity contribution is -0.119. The molecule has 10 nitrogen and oxygen atoms in total. The summed E-state index contributed by atoms with van der Waals surface area (Å²) in [5.41, 5.74) is 3.10. The van der Waals surface area contributed by atoms with Crippen LogP contribution in [0.1, 0.15) is 57.5 Å². The highest BCUT2D eigenvalue weighted by molar-refractivity contribution is 5.85. The molecule has 1 saturated carbocycles. The van der Waals surface area contributed by atoms with Crippen LogP contribution in [-0.2, 0) is 23.7 Å². The number of ether oxygens (including phenoxy) is 1. The molecule has 6 rings (SSSR count). The quantitative estimate of drug-likeness (QED) is 0.285. The number of aromatic nitrogens is 6. The molecule has 2 aliphatic rings. The van der Waals surface area contributed by atoms with Crippen LogP contribution in [0.25, 0.3) is 11.2 Å². The van der Waals surface area contributed by atoms with Crippen LogP contribution >= 0.6 is 0 Å². The molecule has 41 heavy (non-hydrogen) atoms. The Bertz CT molecular complexity index is 1570. The van der Waals surface area contributed by atoms with E-state index in [0.29, 0.717) is 47.6 Å². The number of imidazole rings is 1. The van der Waals surface area contributed by atoms with Crippen molar-refractivity contribution >= 4 is 28.7 Å². The number of hydrogen-bond donors (Lipinski definition) is 1. The topological polar surface area (TPSA) is 103 Å². The zero-order valence-corrected chi connectivity index (χ0v) is 24.1. The molecule has 5 heterocycles. The van der Waals surface area contributed by atoms with Crippen LogP contribution in [0.15, 0.2) is 36.7 Å². The predicted molar refractivity (Wildman–Crippen MR) is 155 cm³/mol. The van der Waals surface area contributed by atoms with E-state index in [1.54, 1.807) is 18.5 Å². The number of Topliss-reactive ketones (excluding diaryl/α,β-unsaturated/α-hetero) is 1. The summed E-state index contributed by atoms with van der Waals surface area (Å²) in [5, 5.41) is 8.32.